The van der Waals surface area contributed by atoms with E-state index < -0.39 is 0 Å². The Morgan fingerprint density at radius 1 is 0.889 bits per heavy atom. The molecular weight excluding hydrogens is 220 g/mol. The minimum atomic E-state index is 0.836. The van der Waals surface area contributed by atoms with Crippen LogP contribution in [0.3, 0.4) is 0 Å². The van der Waals surface area contributed by atoms with Crippen LogP contribution in [0.4, 0.5) is 5.69 Å². The van der Waals surface area contributed by atoms with Gasteiger partial charge in [0.1, 0.15) is 0 Å². The van der Waals surface area contributed by atoms with Crippen LogP contribution < -0.4 is 10.2 Å². The van der Waals surface area contributed by atoms with Crippen molar-refractivity contribution in [3.8, 4) is 0 Å². The summed E-state index contributed by atoms with van der Waals surface area (Å²) in [5.41, 5.74) is 2.99. The molecular formula is C16H25N2+. The maximum Gasteiger partial charge on any atom is 0.0934 e. The zero-order valence-corrected chi connectivity index (χ0v) is 11.3. The molecule has 0 atom stereocenters. The van der Waals surface area contributed by atoms with Crippen LogP contribution in [0.5, 0.6) is 0 Å². The van der Waals surface area contributed by atoms with Gasteiger partial charge in [0.25, 0.3) is 0 Å². The highest BCUT2D eigenvalue weighted by Crippen LogP contribution is 2.33. The average Bonchev–Trinajstić information content (AvgIpc) is 2.49. The average molecular weight is 245 g/mol. The molecule has 0 spiro atoms. The highest BCUT2D eigenvalue weighted by Gasteiger charge is 2.16. The number of hydrogen-bond donors (Lipinski definition) is 1. The number of hydrogen-bond acceptors (Lipinski definition) is 1. The van der Waals surface area contributed by atoms with Gasteiger partial charge in [-0.25, -0.2) is 0 Å². The van der Waals surface area contributed by atoms with Crippen LogP contribution in [0, 0.1) is 0 Å². The Morgan fingerprint density at radius 3 is 2.22 bits per heavy atom. The van der Waals surface area contributed by atoms with E-state index in [-0.39, 0.29) is 0 Å². The van der Waals surface area contributed by atoms with Crippen molar-refractivity contribution in [2.75, 3.05) is 31.1 Å². The topological polar surface area (TPSA) is 19.9 Å². The predicted octanol–water partition coefficient (Wildman–Crippen LogP) is 2.12. The van der Waals surface area contributed by atoms with Crippen molar-refractivity contribution in [1.29, 1.82) is 0 Å². The van der Waals surface area contributed by atoms with Crippen molar-refractivity contribution in [3.63, 3.8) is 0 Å². The van der Waals surface area contributed by atoms with E-state index in [0.29, 0.717) is 0 Å². The van der Waals surface area contributed by atoms with E-state index in [4.69, 9.17) is 0 Å². The molecule has 1 aliphatic heterocycles. The second-order valence-electron chi connectivity index (χ2n) is 5.78. The summed E-state index contributed by atoms with van der Waals surface area (Å²) >= 11 is 0. The third-order valence-corrected chi connectivity index (χ3v) is 4.54. The van der Waals surface area contributed by atoms with E-state index in [1.54, 1.807) is 5.56 Å². The molecule has 1 aromatic carbocycles. The molecule has 1 saturated heterocycles. The van der Waals surface area contributed by atoms with Gasteiger partial charge in [0.05, 0.1) is 26.2 Å². The van der Waals surface area contributed by atoms with Crippen LogP contribution >= 0.6 is 0 Å². The number of piperazine rings is 1. The predicted molar refractivity (Wildman–Crippen MR) is 76.1 cm³/mol. The standard InChI is InChI=1S/C16H24N2/c1-2-4-14(5-3-1)15-6-8-16(9-7-15)18-12-10-17-11-13-18/h6-9,14,17H,1-5,10-13H2/p+1. The van der Waals surface area contributed by atoms with Gasteiger partial charge in [0.2, 0.25) is 0 Å². The minimum absolute atomic E-state index is 0.836. The van der Waals surface area contributed by atoms with Gasteiger partial charge in [-0.2, -0.15) is 0 Å². The quantitative estimate of drug-likeness (QED) is 0.846. The Bertz CT molecular complexity index is 322. The Balaban J connectivity index is 1.67. The first-order valence-corrected chi connectivity index (χ1v) is 7.60. The van der Waals surface area contributed by atoms with Crippen molar-refractivity contribution in [3.05, 3.63) is 29.8 Å². The first kappa shape index (κ1) is 12.0. The summed E-state index contributed by atoms with van der Waals surface area (Å²) in [5.74, 6) is 0.836. The zero-order chi connectivity index (χ0) is 12.2. The van der Waals surface area contributed by atoms with Crippen molar-refractivity contribution in [2.24, 2.45) is 0 Å². The van der Waals surface area contributed by atoms with Crippen LogP contribution in [0.2, 0.25) is 0 Å². The summed E-state index contributed by atoms with van der Waals surface area (Å²) in [4.78, 5) is 2.52. The van der Waals surface area contributed by atoms with Gasteiger partial charge in [0.15, 0.2) is 0 Å². The molecule has 0 aromatic heterocycles. The van der Waals surface area contributed by atoms with Gasteiger partial charge < -0.3 is 10.2 Å². The molecule has 1 heterocycles. The van der Waals surface area contributed by atoms with Crippen molar-refractivity contribution in [2.45, 2.75) is 38.0 Å². The van der Waals surface area contributed by atoms with E-state index >= 15 is 0 Å². The fourth-order valence-corrected chi connectivity index (χ4v) is 3.40. The molecule has 98 valence electrons. The molecule has 2 fully saturated rings. The summed E-state index contributed by atoms with van der Waals surface area (Å²) < 4.78 is 0. The second-order valence-corrected chi connectivity index (χ2v) is 5.78. The van der Waals surface area contributed by atoms with E-state index in [9.17, 15) is 0 Å². The number of quaternary nitrogens is 1. The summed E-state index contributed by atoms with van der Waals surface area (Å²) in [6, 6.07) is 9.44. The molecule has 1 aliphatic carbocycles. The molecule has 3 rings (SSSR count). The molecule has 2 nitrogen and oxygen atoms in total. The number of benzene rings is 1. The normalized spacial score (nSPS) is 22.1. The SMILES string of the molecule is c1cc(N2CC[NH2+]CC2)ccc1C1CCCCC1. The summed E-state index contributed by atoms with van der Waals surface area (Å²) in [5, 5.41) is 2.41. The Kier molecular flexibility index (Phi) is 3.84. The van der Waals surface area contributed by atoms with Crippen LogP contribution in [0.25, 0.3) is 0 Å². The van der Waals surface area contributed by atoms with Crippen LogP contribution in [-0.4, -0.2) is 26.2 Å². The van der Waals surface area contributed by atoms with E-state index in [1.807, 2.05) is 0 Å². The first-order chi connectivity index (χ1) is 8.93. The molecule has 1 aromatic rings. The maximum absolute atomic E-state index is 2.52. The summed E-state index contributed by atoms with van der Waals surface area (Å²) in [6.45, 7) is 4.88. The molecule has 0 unspecified atom stereocenters. The van der Waals surface area contributed by atoms with Gasteiger partial charge >= 0.3 is 0 Å². The molecule has 2 N–H and O–H groups in total. The summed E-state index contributed by atoms with van der Waals surface area (Å²) in [6.07, 6.45) is 7.09. The van der Waals surface area contributed by atoms with Gasteiger partial charge in [-0.3, -0.25) is 0 Å². The number of rotatable bonds is 2. The van der Waals surface area contributed by atoms with Gasteiger partial charge in [-0.05, 0) is 36.5 Å². The Morgan fingerprint density at radius 2 is 1.56 bits per heavy atom. The van der Waals surface area contributed by atoms with E-state index in [0.717, 1.165) is 5.92 Å². The minimum Gasteiger partial charge on any atom is -0.360 e. The lowest BCUT2D eigenvalue weighted by molar-refractivity contribution is -0.655. The van der Waals surface area contributed by atoms with Crippen LogP contribution in [0.1, 0.15) is 43.6 Å². The molecule has 18 heavy (non-hydrogen) atoms. The number of anilines is 1. The Hall–Kier alpha value is -1.02. The second kappa shape index (κ2) is 5.75. The molecule has 1 saturated carbocycles. The first-order valence-electron chi connectivity index (χ1n) is 7.60. The molecule has 0 bridgehead atoms. The molecule has 2 heteroatoms. The van der Waals surface area contributed by atoms with Crippen molar-refractivity contribution >= 4 is 5.69 Å². The van der Waals surface area contributed by atoms with Crippen molar-refractivity contribution in [1.82, 2.24) is 0 Å². The van der Waals surface area contributed by atoms with Gasteiger partial charge in [-0.15, -0.1) is 0 Å². The third-order valence-electron chi connectivity index (χ3n) is 4.54. The van der Waals surface area contributed by atoms with Crippen LogP contribution in [-0.2, 0) is 0 Å². The zero-order valence-electron chi connectivity index (χ0n) is 11.3. The number of nitrogens with two attached hydrogens (primary N) is 1. The fourth-order valence-electron chi connectivity index (χ4n) is 3.40. The largest absolute Gasteiger partial charge is 0.360 e. The smallest absolute Gasteiger partial charge is 0.0934 e. The lowest BCUT2D eigenvalue weighted by Gasteiger charge is -2.28. The van der Waals surface area contributed by atoms with Gasteiger partial charge in [-0.1, -0.05) is 31.4 Å². The molecule has 0 radical (unpaired) electrons. The highest BCUT2D eigenvalue weighted by molar-refractivity contribution is 5.48. The van der Waals surface area contributed by atoms with Crippen LogP contribution in [0.15, 0.2) is 24.3 Å². The molecule has 2 aliphatic rings. The van der Waals surface area contributed by atoms with Crippen molar-refractivity contribution < 1.29 is 5.32 Å². The fraction of sp³-hybridized carbons (Fsp3) is 0.625. The van der Waals surface area contributed by atoms with Gasteiger partial charge in [0, 0.05) is 5.69 Å². The Labute approximate surface area is 110 Å². The van der Waals surface area contributed by atoms with E-state index in [2.05, 4.69) is 34.5 Å². The summed E-state index contributed by atoms with van der Waals surface area (Å²) in [7, 11) is 0. The maximum atomic E-state index is 2.52. The highest BCUT2D eigenvalue weighted by atomic mass is 15.2. The molecule has 0 amide bonds. The number of nitrogens with zero attached hydrogens (tertiary/aromatic N) is 1. The van der Waals surface area contributed by atoms with E-state index in [1.165, 1.54) is 64.0 Å². The third kappa shape index (κ3) is 2.69. The lowest BCUT2D eigenvalue weighted by Crippen LogP contribution is -2.89. The monoisotopic (exact) mass is 245 g/mol. The lowest BCUT2D eigenvalue weighted by atomic mass is 9.84.